The quantitative estimate of drug-likeness (QED) is 0.712. The van der Waals surface area contributed by atoms with Gasteiger partial charge in [0, 0.05) is 20.2 Å². The van der Waals surface area contributed by atoms with E-state index in [2.05, 4.69) is 0 Å². The number of sulfonamides is 1. The second-order valence-electron chi connectivity index (χ2n) is 3.88. The van der Waals surface area contributed by atoms with Crippen molar-refractivity contribution in [1.29, 1.82) is 0 Å². The lowest BCUT2D eigenvalue weighted by atomic mass is 10.2. The van der Waals surface area contributed by atoms with Crippen molar-refractivity contribution in [2.75, 3.05) is 26.0 Å². The van der Waals surface area contributed by atoms with E-state index in [4.69, 9.17) is 9.84 Å². The van der Waals surface area contributed by atoms with Gasteiger partial charge in [0.15, 0.2) is 0 Å². The number of aliphatic carboxylic acids is 1. The van der Waals surface area contributed by atoms with Gasteiger partial charge >= 0.3 is 5.97 Å². The first-order chi connectivity index (χ1) is 7.42. The van der Waals surface area contributed by atoms with E-state index in [1.807, 2.05) is 0 Å². The summed E-state index contributed by atoms with van der Waals surface area (Å²) in [6.45, 7) is 0.982. The van der Waals surface area contributed by atoms with E-state index < -0.39 is 16.0 Å². The summed E-state index contributed by atoms with van der Waals surface area (Å²) in [5.74, 6) is -1.46. The van der Waals surface area contributed by atoms with Crippen molar-refractivity contribution in [2.45, 2.75) is 25.4 Å². The minimum atomic E-state index is -3.47. The first kappa shape index (κ1) is 13.4. The van der Waals surface area contributed by atoms with Crippen LogP contribution >= 0.6 is 0 Å². The predicted molar refractivity (Wildman–Crippen MR) is 57.6 cm³/mol. The number of hydrogen-bond acceptors (Lipinski definition) is 4. The third-order valence-electron chi connectivity index (χ3n) is 2.53. The van der Waals surface area contributed by atoms with Crippen LogP contribution in [0, 0.1) is 0 Å². The van der Waals surface area contributed by atoms with Gasteiger partial charge < -0.3 is 9.84 Å². The third kappa shape index (κ3) is 4.07. The van der Waals surface area contributed by atoms with Crippen LogP contribution in [-0.2, 0) is 19.6 Å². The standard InChI is InChI=1S/C9H17NO5S/c1-10(7-8-3-2-5-15-8)16(13,14)6-4-9(11)12/h8H,2-7H2,1H3,(H,11,12). The fourth-order valence-electron chi connectivity index (χ4n) is 1.56. The Morgan fingerprint density at radius 2 is 2.25 bits per heavy atom. The maximum Gasteiger partial charge on any atom is 0.304 e. The van der Waals surface area contributed by atoms with Crippen LogP contribution in [0.2, 0.25) is 0 Å². The molecule has 1 rings (SSSR count). The van der Waals surface area contributed by atoms with E-state index >= 15 is 0 Å². The topological polar surface area (TPSA) is 83.9 Å². The Kier molecular flexibility index (Phi) is 4.69. The average molecular weight is 251 g/mol. The second-order valence-corrected chi connectivity index (χ2v) is 6.07. The number of carbonyl (C=O) groups is 1. The van der Waals surface area contributed by atoms with Crippen LogP contribution in [0.3, 0.4) is 0 Å². The molecule has 1 atom stereocenters. The highest BCUT2D eigenvalue weighted by Crippen LogP contribution is 2.14. The SMILES string of the molecule is CN(CC1CCCO1)S(=O)(=O)CCC(=O)O. The minimum Gasteiger partial charge on any atom is -0.481 e. The first-order valence-corrected chi connectivity index (χ1v) is 6.80. The van der Waals surface area contributed by atoms with Gasteiger partial charge in [-0.3, -0.25) is 4.79 Å². The maximum atomic E-state index is 11.6. The van der Waals surface area contributed by atoms with Crippen LogP contribution < -0.4 is 0 Å². The minimum absolute atomic E-state index is 0.0513. The molecule has 0 spiro atoms. The van der Waals surface area contributed by atoms with E-state index in [9.17, 15) is 13.2 Å². The Labute approximate surface area is 95.2 Å². The summed E-state index contributed by atoms with van der Waals surface area (Å²) in [4.78, 5) is 10.3. The molecule has 1 aliphatic rings. The van der Waals surface area contributed by atoms with Crippen LogP contribution in [0.25, 0.3) is 0 Å². The highest BCUT2D eigenvalue weighted by atomic mass is 32.2. The molecule has 1 unspecified atom stereocenters. The molecule has 0 radical (unpaired) electrons. The number of carboxylic acid groups (broad SMARTS) is 1. The summed E-state index contributed by atoms with van der Waals surface area (Å²) in [5.41, 5.74) is 0. The van der Waals surface area contributed by atoms with Crippen LogP contribution in [-0.4, -0.2) is 55.9 Å². The molecule has 1 aliphatic heterocycles. The van der Waals surface area contributed by atoms with Crippen molar-refractivity contribution in [3.05, 3.63) is 0 Å². The molecule has 0 aromatic carbocycles. The van der Waals surface area contributed by atoms with E-state index in [0.29, 0.717) is 13.2 Å². The Bertz CT molecular complexity index is 334. The second kappa shape index (κ2) is 5.60. The number of nitrogens with zero attached hydrogens (tertiary/aromatic N) is 1. The summed E-state index contributed by atoms with van der Waals surface area (Å²) in [6.07, 6.45) is 1.40. The van der Waals surface area contributed by atoms with Gasteiger partial charge in [-0.1, -0.05) is 0 Å². The van der Waals surface area contributed by atoms with Crippen LogP contribution in [0.4, 0.5) is 0 Å². The lowest BCUT2D eigenvalue weighted by Gasteiger charge is -2.19. The summed E-state index contributed by atoms with van der Waals surface area (Å²) >= 11 is 0. The van der Waals surface area contributed by atoms with Gasteiger partial charge in [0.2, 0.25) is 10.0 Å². The van der Waals surface area contributed by atoms with Crippen molar-refractivity contribution in [3.8, 4) is 0 Å². The zero-order chi connectivity index (χ0) is 12.2. The molecule has 0 amide bonds. The number of carboxylic acids is 1. The molecule has 1 fully saturated rings. The highest BCUT2D eigenvalue weighted by Gasteiger charge is 2.24. The average Bonchev–Trinajstić information content (AvgIpc) is 2.67. The van der Waals surface area contributed by atoms with Crippen LogP contribution in [0.5, 0.6) is 0 Å². The van der Waals surface area contributed by atoms with E-state index in [1.165, 1.54) is 11.4 Å². The monoisotopic (exact) mass is 251 g/mol. The van der Waals surface area contributed by atoms with Crippen molar-refractivity contribution < 1.29 is 23.1 Å². The Hall–Kier alpha value is -0.660. The fraction of sp³-hybridized carbons (Fsp3) is 0.889. The van der Waals surface area contributed by atoms with Gasteiger partial charge in [0.25, 0.3) is 0 Å². The molecular weight excluding hydrogens is 234 g/mol. The fourth-order valence-corrected chi connectivity index (χ4v) is 2.70. The Morgan fingerprint density at radius 1 is 1.56 bits per heavy atom. The largest absolute Gasteiger partial charge is 0.481 e. The number of ether oxygens (including phenoxy) is 1. The molecule has 1 N–H and O–H groups in total. The smallest absolute Gasteiger partial charge is 0.304 e. The van der Waals surface area contributed by atoms with Gasteiger partial charge in [-0.15, -0.1) is 0 Å². The first-order valence-electron chi connectivity index (χ1n) is 5.19. The molecule has 1 saturated heterocycles. The third-order valence-corrected chi connectivity index (χ3v) is 4.35. The summed E-state index contributed by atoms with van der Waals surface area (Å²) in [7, 11) is -2.01. The van der Waals surface area contributed by atoms with Gasteiger partial charge in [0.1, 0.15) is 0 Å². The molecule has 0 aromatic rings. The van der Waals surface area contributed by atoms with Gasteiger partial charge in [0.05, 0.1) is 18.3 Å². The molecule has 0 bridgehead atoms. The maximum absolute atomic E-state index is 11.6. The summed E-state index contributed by atoms with van der Waals surface area (Å²) < 4.78 is 29.8. The molecule has 0 saturated carbocycles. The summed E-state index contributed by atoms with van der Waals surface area (Å²) in [6, 6.07) is 0. The Balaban J connectivity index is 2.44. The molecule has 6 nitrogen and oxygen atoms in total. The molecule has 0 aromatic heterocycles. The molecule has 7 heteroatoms. The summed E-state index contributed by atoms with van der Waals surface area (Å²) in [5, 5.41) is 8.44. The Morgan fingerprint density at radius 3 is 2.75 bits per heavy atom. The van der Waals surface area contributed by atoms with Gasteiger partial charge in [-0.2, -0.15) is 0 Å². The highest BCUT2D eigenvalue weighted by molar-refractivity contribution is 7.89. The number of likely N-dealkylation sites (N-methyl/N-ethyl adjacent to an activating group) is 1. The van der Waals surface area contributed by atoms with Crippen molar-refractivity contribution in [1.82, 2.24) is 4.31 Å². The van der Waals surface area contributed by atoms with Crippen molar-refractivity contribution >= 4 is 16.0 Å². The number of rotatable bonds is 6. The van der Waals surface area contributed by atoms with Gasteiger partial charge in [-0.05, 0) is 12.8 Å². The van der Waals surface area contributed by atoms with Crippen molar-refractivity contribution in [3.63, 3.8) is 0 Å². The molecule has 16 heavy (non-hydrogen) atoms. The lowest BCUT2D eigenvalue weighted by molar-refractivity contribution is -0.136. The van der Waals surface area contributed by atoms with Crippen LogP contribution in [0.1, 0.15) is 19.3 Å². The lowest BCUT2D eigenvalue weighted by Crippen LogP contribution is -2.36. The van der Waals surface area contributed by atoms with E-state index in [0.717, 1.165) is 12.8 Å². The van der Waals surface area contributed by atoms with Gasteiger partial charge in [-0.25, -0.2) is 12.7 Å². The van der Waals surface area contributed by atoms with Crippen LogP contribution in [0.15, 0.2) is 0 Å². The number of hydrogen-bond donors (Lipinski definition) is 1. The normalized spacial score (nSPS) is 21.5. The molecular formula is C9H17NO5S. The zero-order valence-electron chi connectivity index (χ0n) is 9.26. The van der Waals surface area contributed by atoms with E-state index in [-0.39, 0.29) is 18.3 Å². The predicted octanol–water partition coefficient (Wildman–Crippen LogP) is -0.0983. The van der Waals surface area contributed by atoms with Crippen molar-refractivity contribution in [2.24, 2.45) is 0 Å². The zero-order valence-corrected chi connectivity index (χ0v) is 10.1. The molecule has 94 valence electrons. The molecule has 0 aliphatic carbocycles. The van der Waals surface area contributed by atoms with E-state index in [1.54, 1.807) is 0 Å². The molecule has 1 heterocycles.